The van der Waals surface area contributed by atoms with Gasteiger partial charge in [-0.25, -0.2) is 8.42 Å². The van der Waals surface area contributed by atoms with E-state index in [4.69, 9.17) is 10.5 Å². The molecule has 2 aromatic carbocycles. The van der Waals surface area contributed by atoms with Gasteiger partial charge >= 0.3 is 5.51 Å². The molecule has 0 fully saturated rings. The average Bonchev–Trinajstić information content (AvgIpc) is 2.62. The highest BCUT2D eigenvalue weighted by atomic mass is 32.2. The molecule has 0 saturated carbocycles. The minimum Gasteiger partial charge on any atom is -0.360 e. The lowest BCUT2D eigenvalue weighted by atomic mass is 10.3. The first-order valence-corrected chi connectivity index (χ1v) is 9.43. The van der Waals surface area contributed by atoms with Crippen molar-refractivity contribution in [2.75, 3.05) is 5.32 Å². The summed E-state index contributed by atoms with van der Waals surface area (Å²) < 4.78 is 62.1. The average molecular weight is 409 g/mol. The Balaban J connectivity index is 2.21. The molecule has 0 atom stereocenters. The molecule has 0 unspecified atom stereocenters. The number of halogens is 3. The molecule has 0 aromatic heterocycles. The van der Waals surface area contributed by atoms with E-state index in [1.807, 2.05) is 0 Å². The van der Waals surface area contributed by atoms with Gasteiger partial charge in [0.2, 0.25) is 9.84 Å². The van der Waals surface area contributed by atoms with Gasteiger partial charge in [0.25, 0.3) is 0 Å². The van der Waals surface area contributed by atoms with Gasteiger partial charge in [-0.1, -0.05) is 0 Å². The van der Waals surface area contributed by atoms with Crippen molar-refractivity contribution < 1.29 is 21.6 Å². The number of benzene rings is 2. The predicted molar refractivity (Wildman–Crippen MR) is 93.2 cm³/mol. The molecule has 10 heteroatoms. The Kier molecular flexibility index (Phi) is 6.16. The molecule has 1 N–H and O–H groups in total. The lowest BCUT2D eigenvalue weighted by Gasteiger charge is -2.08. The quantitative estimate of drug-likeness (QED) is 0.578. The van der Waals surface area contributed by atoms with Gasteiger partial charge in [0, 0.05) is 16.8 Å². The van der Waals surface area contributed by atoms with Gasteiger partial charge in [0.15, 0.2) is 0 Å². The molecule has 0 aliphatic carbocycles. The Bertz CT molecular complexity index is 1020. The molecule has 0 aliphatic heterocycles. The molecule has 5 nitrogen and oxygen atoms in total. The number of anilines is 1. The largest absolute Gasteiger partial charge is 0.446 e. The minimum absolute atomic E-state index is 0.0472. The monoisotopic (exact) mass is 409 g/mol. The maximum atomic E-state index is 12.6. The number of nitriles is 2. The smallest absolute Gasteiger partial charge is 0.360 e. The van der Waals surface area contributed by atoms with Gasteiger partial charge in [0.1, 0.15) is 17.7 Å². The Morgan fingerprint density at radius 3 is 1.89 bits per heavy atom. The number of allylic oxidation sites excluding steroid dienone is 1. The van der Waals surface area contributed by atoms with Crippen LogP contribution in [0.5, 0.6) is 0 Å². The summed E-state index contributed by atoms with van der Waals surface area (Å²) in [6.07, 6.45) is 1.18. The topological polar surface area (TPSA) is 93.8 Å². The molecule has 0 aliphatic rings. The maximum Gasteiger partial charge on any atom is 0.446 e. The van der Waals surface area contributed by atoms with E-state index in [1.54, 1.807) is 12.1 Å². The summed E-state index contributed by atoms with van der Waals surface area (Å²) in [6, 6.07) is 13.2. The number of sulfone groups is 1. The summed E-state index contributed by atoms with van der Waals surface area (Å²) in [5.74, 6) is 0. The van der Waals surface area contributed by atoms with E-state index in [0.29, 0.717) is 5.69 Å². The van der Waals surface area contributed by atoms with Crippen molar-refractivity contribution in [3.05, 3.63) is 60.3 Å². The van der Waals surface area contributed by atoms with Crippen LogP contribution in [0.1, 0.15) is 0 Å². The normalized spacial score (nSPS) is 11.1. The molecule has 0 saturated heterocycles. The van der Waals surface area contributed by atoms with Crippen LogP contribution < -0.4 is 5.32 Å². The lowest BCUT2D eigenvalue weighted by molar-refractivity contribution is -0.0328. The standard InChI is InChI=1S/C17H10F3N3O2S2/c18-17(19,20)26-14-3-7-16(8-4-14)27(24,25)15-5-1-13(2-6-15)23-11-12(9-21)10-22/h1-8,11,23H. The van der Waals surface area contributed by atoms with Crippen molar-refractivity contribution in [1.29, 1.82) is 10.5 Å². The number of hydrogen-bond donors (Lipinski definition) is 1. The fourth-order valence-corrected chi connectivity index (χ4v) is 3.73. The van der Waals surface area contributed by atoms with Crippen molar-refractivity contribution in [2.24, 2.45) is 0 Å². The Labute approximate surface area is 157 Å². The van der Waals surface area contributed by atoms with Crippen LogP contribution in [-0.2, 0) is 9.84 Å². The highest BCUT2D eigenvalue weighted by Crippen LogP contribution is 2.37. The van der Waals surface area contributed by atoms with Crippen LogP contribution in [0, 0.1) is 22.7 Å². The lowest BCUT2D eigenvalue weighted by Crippen LogP contribution is -2.03. The highest BCUT2D eigenvalue weighted by molar-refractivity contribution is 8.00. The minimum atomic E-state index is -4.45. The molecular formula is C17H10F3N3O2S2. The first-order valence-electron chi connectivity index (χ1n) is 7.13. The number of hydrogen-bond acceptors (Lipinski definition) is 6. The van der Waals surface area contributed by atoms with Crippen LogP contribution in [0.4, 0.5) is 18.9 Å². The van der Waals surface area contributed by atoms with Gasteiger partial charge in [-0.2, -0.15) is 23.7 Å². The van der Waals surface area contributed by atoms with Crippen molar-refractivity contribution in [3.8, 4) is 12.1 Å². The molecule has 0 spiro atoms. The van der Waals surface area contributed by atoms with E-state index in [0.717, 1.165) is 24.3 Å². The summed E-state index contributed by atoms with van der Waals surface area (Å²) in [6.45, 7) is 0. The Morgan fingerprint density at radius 2 is 1.44 bits per heavy atom. The Hall–Kier alpha value is -2.95. The van der Waals surface area contributed by atoms with Crippen LogP contribution in [0.3, 0.4) is 0 Å². The van der Waals surface area contributed by atoms with E-state index >= 15 is 0 Å². The van der Waals surface area contributed by atoms with E-state index in [2.05, 4.69) is 5.32 Å². The second-order valence-corrected chi connectivity index (χ2v) is 8.06. The third kappa shape index (κ3) is 5.51. The van der Waals surface area contributed by atoms with Gasteiger partial charge in [-0.15, -0.1) is 0 Å². The zero-order chi connectivity index (χ0) is 20.1. The van der Waals surface area contributed by atoms with Crippen molar-refractivity contribution in [1.82, 2.24) is 0 Å². The van der Waals surface area contributed by atoms with E-state index in [-0.39, 0.29) is 32.0 Å². The summed E-state index contributed by atoms with van der Waals surface area (Å²) in [7, 11) is -3.90. The van der Waals surface area contributed by atoms with Crippen LogP contribution >= 0.6 is 11.8 Å². The number of nitrogens with zero attached hydrogens (tertiary/aromatic N) is 2. The SMILES string of the molecule is N#CC(C#N)=CNc1ccc(S(=O)(=O)c2ccc(SC(F)(F)F)cc2)cc1. The second kappa shape index (κ2) is 8.16. The van der Waals surface area contributed by atoms with E-state index < -0.39 is 15.3 Å². The van der Waals surface area contributed by atoms with Crippen LogP contribution in [0.2, 0.25) is 0 Å². The number of rotatable bonds is 5. The number of alkyl halides is 3. The first-order chi connectivity index (χ1) is 12.7. The molecule has 2 aromatic rings. The van der Waals surface area contributed by atoms with Crippen LogP contribution in [0.15, 0.2) is 75.0 Å². The van der Waals surface area contributed by atoms with Gasteiger partial charge in [-0.3, -0.25) is 0 Å². The summed E-state index contributed by atoms with van der Waals surface area (Å²) >= 11 is -0.325. The van der Waals surface area contributed by atoms with Gasteiger partial charge in [-0.05, 0) is 60.3 Å². The van der Waals surface area contributed by atoms with E-state index in [9.17, 15) is 21.6 Å². The number of nitrogens with one attached hydrogen (secondary N) is 1. The molecule has 0 amide bonds. The highest BCUT2D eigenvalue weighted by Gasteiger charge is 2.29. The van der Waals surface area contributed by atoms with Gasteiger partial charge < -0.3 is 5.32 Å². The third-order valence-electron chi connectivity index (χ3n) is 3.16. The first kappa shape index (κ1) is 20.4. The van der Waals surface area contributed by atoms with Crippen molar-refractivity contribution >= 4 is 27.3 Å². The van der Waals surface area contributed by atoms with E-state index in [1.165, 1.54) is 30.5 Å². The fraction of sp³-hybridized carbons (Fsp3) is 0.0588. The summed E-state index contributed by atoms with van der Waals surface area (Å²) in [5, 5.41) is 20.0. The molecule has 0 radical (unpaired) electrons. The predicted octanol–water partition coefficient (Wildman–Crippen LogP) is 4.47. The molecule has 138 valence electrons. The molecular weight excluding hydrogens is 399 g/mol. The van der Waals surface area contributed by atoms with Crippen molar-refractivity contribution in [2.45, 2.75) is 20.2 Å². The Morgan fingerprint density at radius 1 is 0.963 bits per heavy atom. The molecule has 27 heavy (non-hydrogen) atoms. The zero-order valence-corrected chi connectivity index (χ0v) is 15.0. The summed E-state index contributed by atoms with van der Waals surface area (Å²) in [5.41, 5.74) is -4.15. The van der Waals surface area contributed by atoms with Crippen molar-refractivity contribution in [3.63, 3.8) is 0 Å². The fourth-order valence-electron chi connectivity index (χ4n) is 1.93. The maximum absolute atomic E-state index is 12.6. The molecule has 2 rings (SSSR count). The second-order valence-electron chi connectivity index (χ2n) is 4.97. The van der Waals surface area contributed by atoms with Gasteiger partial charge in [0.05, 0.1) is 9.79 Å². The van der Waals surface area contributed by atoms with Crippen LogP contribution in [-0.4, -0.2) is 13.9 Å². The number of thioether (sulfide) groups is 1. The molecule has 0 bridgehead atoms. The zero-order valence-electron chi connectivity index (χ0n) is 13.4. The molecule has 0 heterocycles. The third-order valence-corrected chi connectivity index (χ3v) is 5.68. The van der Waals surface area contributed by atoms with Crippen LogP contribution in [0.25, 0.3) is 0 Å². The summed E-state index contributed by atoms with van der Waals surface area (Å²) in [4.78, 5) is -0.293.